The lowest BCUT2D eigenvalue weighted by atomic mass is 10.1. The average molecular weight is 278 g/mol. The summed E-state index contributed by atoms with van der Waals surface area (Å²) in [6.07, 6.45) is 0.783. The van der Waals surface area contributed by atoms with Gasteiger partial charge in [0.2, 0.25) is 0 Å². The summed E-state index contributed by atoms with van der Waals surface area (Å²) in [6, 6.07) is 1.98. The molecule has 0 saturated carbocycles. The minimum absolute atomic E-state index is 0.351. The number of nitrogens with zero attached hydrogens (tertiary/aromatic N) is 1. The van der Waals surface area contributed by atoms with Crippen LogP contribution in [0.25, 0.3) is 11.4 Å². The number of hydrogen-bond acceptors (Lipinski definition) is 4. The molecule has 102 valence electrons. The van der Waals surface area contributed by atoms with Crippen LogP contribution in [0.15, 0.2) is 16.8 Å². The lowest BCUT2D eigenvalue weighted by Gasteiger charge is -2.04. The first-order valence-corrected chi connectivity index (χ1v) is 7.34. The Labute approximate surface area is 116 Å². The summed E-state index contributed by atoms with van der Waals surface area (Å²) in [5.41, 5.74) is 2.27. The molecule has 5 heteroatoms. The number of aromatic nitrogens is 2. The Balaban J connectivity index is 2.36. The summed E-state index contributed by atoms with van der Waals surface area (Å²) in [4.78, 5) is 19.6. The van der Waals surface area contributed by atoms with E-state index in [1.54, 1.807) is 18.3 Å². The summed E-state index contributed by atoms with van der Waals surface area (Å²) in [7, 11) is 0. The van der Waals surface area contributed by atoms with Gasteiger partial charge < -0.3 is 9.72 Å². The van der Waals surface area contributed by atoms with E-state index in [0.717, 1.165) is 23.5 Å². The summed E-state index contributed by atoms with van der Waals surface area (Å²) in [5.74, 6) is 0.833. The number of hydrogen-bond donors (Lipinski definition) is 1. The molecule has 0 amide bonds. The maximum atomic E-state index is 11.9. The molecule has 19 heavy (non-hydrogen) atoms. The van der Waals surface area contributed by atoms with Crippen LogP contribution < -0.4 is 0 Å². The molecule has 0 aliphatic rings. The topological polar surface area (TPSA) is 55.0 Å². The molecule has 0 saturated heterocycles. The number of H-pyrrole nitrogens is 1. The molecule has 0 radical (unpaired) electrons. The molecule has 0 bridgehead atoms. The van der Waals surface area contributed by atoms with E-state index in [9.17, 15) is 4.79 Å². The fourth-order valence-corrected chi connectivity index (χ4v) is 2.51. The molecular weight excluding hydrogens is 260 g/mol. The molecule has 2 aromatic rings. The van der Waals surface area contributed by atoms with Crippen molar-refractivity contribution in [1.29, 1.82) is 0 Å². The Morgan fingerprint density at radius 3 is 2.89 bits per heavy atom. The zero-order chi connectivity index (χ0) is 13.8. The third-order valence-electron chi connectivity index (χ3n) is 2.65. The van der Waals surface area contributed by atoms with Gasteiger partial charge in [0, 0.05) is 10.9 Å². The molecule has 2 rings (SSSR count). The normalized spacial score (nSPS) is 10.9. The highest BCUT2D eigenvalue weighted by atomic mass is 32.1. The molecule has 0 aromatic carbocycles. The van der Waals surface area contributed by atoms with Gasteiger partial charge in [0.1, 0.15) is 5.82 Å². The van der Waals surface area contributed by atoms with Gasteiger partial charge in [0.05, 0.1) is 12.3 Å². The second-order valence-corrected chi connectivity index (χ2v) is 5.52. The minimum Gasteiger partial charge on any atom is -0.461 e. The monoisotopic (exact) mass is 278 g/mol. The van der Waals surface area contributed by atoms with E-state index in [0.29, 0.717) is 18.2 Å². The van der Waals surface area contributed by atoms with E-state index in [-0.39, 0.29) is 5.97 Å². The first-order valence-electron chi connectivity index (χ1n) is 6.40. The SMILES string of the molecule is CCOC(=O)c1nc(-c2ccsc2)[nH]c1CC(C)C. The number of carbonyl (C=O) groups excluding carboxylic acids is 1. The van der Waals surface area contributed by atoms with Crippen molar-refractivity contribution >= 4 is 17.3 Å². The van der Waals surface area contributed by atoms with Crippen LogP contribution in [0.5, 0.6) is 0 Å². The van der Waals surface area contributed by atoms with E-state index < -0.39 is 0 Å². The Bertz CT molecular complexity index is 544. The Morgan fingerprint density at radius 1 is 1.53 bits per heavy atom. The highest BCUT2D eigenvalue weighted by Gasteiger charge is 2.20. The van der Waals surface area contributed by atoms with Gasteiger partial charge >= 0.3 is 5.97 Å². The zero-order valence-electron chi connectivity index (χ0n) is 11.4. The van der Waals surface area contributed by atoms with Crippen molar-refractivity contribution in [1.82, 2.24) is 9.97 Å². The predicted molar refractivity (Wildman–Crippen MR) is 76.4 cm³/mol. The zero-order valence-corrected chi connectivity index (χ0v) is 12.2. The van der Waals surface area contributed by atoms with Crippen molar-refractivity contribution in [2.75, 3.05) is 6.61 Å². The van der Waals surface area contributed by atoms with Crippen LogP contribution in [0.4, 0.5) is 0 Å². The summed E-state index contributed by atoms with van der Waals surface area (Å²) >= 11 is 1.61. The van der Waals surface area contributed by atoms with Crippen LogP contribution in [0.3, 0.4) is 0 Å². The fraction of sp³-hybridized carbons (Fsp3) is 0.429. The summed E-state index contributed by atoms with van der Waals surface area (Å²) in [5, 5.41) is 4.00. The van der Waals surface area contributed by atoms with Crippen molar-refractivity contribution < 1.29 is 9.53 Å². The second kappa shape index (κ2) is 6.02. The van der Waals surface area contributed by atoms with E-state index in [4.69, 9.17) is 4.74 Å². The molecule has 0 aliphatic heterocycles. The predicted octanol–water partition coefficient (Wildman–Crippen LogP) is 3.51. The van der Waals surface area contributed by atoms with Gasteiger partial charge in [-0.2, -0.15) is 11.3 Å². The second-order valence-electron chi connectivity index (χ2n) is 4.74. The Hall–Kier alpha value is -1.62. The van der Waals surface area contributed by atoms with E-state index in [1.165, 1.54) is 0 Å². The molecule has 2 aromatic heterocycles. The fourth-order valence-electron chi connectivity index (χ4n) is 1.87. The van der Waals surface area contributed by atoms with Gasteiger partial charge in [-0.3, -0.25) is 0 Å². The Morgan fingerprint density at radius 2 is 2.32 bits per heavy atom. The van der Waals surface area contributed by atoms with E-state index >= 15 is 0 Å². The van der Waals surface area contributed by atoms with Crippen molar-refractivity contribution in [2.45, 2.75) is 27.2 Å². The van der Waals surface area contributed by atoms with Crippen molar-refractivity contribution in [3.05, 3.63) is 28.2 Å². The summed E-state index contributed by atoms with van der Waals surface area (Å²) < 4.78 is 5.06. The maximum absolute atomic E-state index is 11.9. The van der Waals surface area contributed by atoms with Crippen LogP contribution >= 0.6 is 11.3 Å². The van der Waals surface area contributed by atoms with Crippen LogP contribution in [0.2, 0.25) is 0 Å². The molecule has 0 aliphatic carbocycles. The van der Waals surface area contributed by atoms with Gasteiger partial charge in [-0.25, -0.2) is 9.78 Å². The number of imidazole rings is 1. The number of esters is 1. The van der Waals surface area contributed by atoms with Crippen molar-refractivity contribution in [3.63, 3.8) is 0 Å². The number of aromatic amines is 1. The average Bonchev–Trinajstić information content (AvgIpc) is 2.96. The molecule has 4 nitrogen and oxygen atoms in total. The smallest absolute Gasteiger partial charge is 0.358 e. The molecule has 0 spiro atoms. The van der Waals surface area contributed by atoms with E-state index in [1.807, 2.05) is 16.8 Å². The molecular formula is C14H18N2O2S. The van der Waals surface area contributed by atoms with E-state index in [2.05, 4.69) is 23.8 Å². The van der Waals surface area contributed by atoms with Gasteiger partial charge in [-0.05, 0) is 30.7 Å². The largest absolute Gasteiger partial charge is 0.461 e. The highest BCUT2D eigenvalue weighted by molar-refractivity contribution is 7.08. The number of nitrogens with one attached hydrogen (secondary N) is 1. The number of ether oxygens (including phenoxy) is 1. The van der Waals surface area contributed by atoms with Crippen molar-refractivity contribution in [3.8, 4) is 11.4 Å². The van der Waals surface area contributed by atoms with Crippen LogP contribution in [-0.2, 0) is 11.2 Å². The first kappa shape index (κ1) is 13.8. The number of carbonyl (C=O) groups is 1. The third-order valence-corrected chi connectivity index (χ3v) is 3.34. The lowest BCUT2D eigenvalue weighted by Crippen LogP contribution is -2.09. The Kier molecular flexibility index (Phi) is 4.37. The first-order chi connectivity index (χ1) is 9.11. The van der Waals surface area contributed by atoms with Gasteiger partial charge in [-0.1, -0.05) is 13.8 Å². The van der Waals surface area contributed by atoms with Crippen LogP contribution in [0, 0.1) is 5.92 Å². The maximum Gasteiger partial charge on any atom is 0.358 e. The standard InChI is InChI=1S/C14H18N2O2S/c1-4-18-14(17)12-11(7-9(2)3)15-13(16-12)10-5-6-19-8-10/h5-6,8-9H,4,7H2,1-3H3,(H,15,16). The van der Waals surface area contributed by atoms with Gasteiger partial charge in [-0.15, -0.1) is 0 Å². The molecule has 2 heterocycles. The highest BCUT2D eigenvalue weighted by Crippen LogP contribution is 2.22. The molecule has 0 fully saturated rings. The number of rotatable bonds is 5. The van der Waals surface area contributed by atoms with Gasteiger partial charge in [0.25, 0.3) is 0 Å². The van der Waals surface area contributed by atoms with Gasteiger partial charge in [0.15, 0.2) is 5.69 Å². The number of thiophene rings is 1. The molecule has 0 unspecified atom stereocenters. The lowest BCUT2D eigenvalue weighted by molar-refractivity contribution is 0.0518. The third kappa shape index (κ3) is 3.23. The van der Waals surface area contributed by atoms with Crippen LogP contribution in [0.1, 0.15) is 37.0 Å². The molecule has 0 atom stereocenters. The quantitative estimate of drug-likeness (QED) is 0.851. The van der Waals surface area contributed by atoms with Crippen LogP contribution in [-0.4, -0.2) is 22.5 Å². The molecule has 1 N–H and O–H groups in total. The minimum atomic E-state index is -0.351. The van der Waals surface area contributed by atoms with Crippen molar-refractivity contribution in [2.24, 2.45) is 5.92 Å². The summed E-state index contributed by atoms with van der Waals surface area (Å²) in [6.45, 7) is 6.38.